The van der Waals surface area contributed by atoms with Crippen LogP contribution in [0.25, 0.3) is 0 Å². The number of piperidine rings is 1. The highest BCUT2D eigenvalue weighted by Crippen LogP contribution is 2.25. The average Bonchev–Trinajstić information content (AvgIpc) is 2.38. The fourth-order valence-electron chi connectivity index (χ4n) is 2.71. The quantitative estimate of drug-likeness (QED) is 0.837. The van der Waals surface area contributed by atoms with Crippen molar-refractivity contribution in [1.82, 2.24) is 4.90 Å². The zero-order chi connectivity index (χ0) is 13.8. The molecule has 2 rings (SSSR count). The van der Waals surface area contributed by atoms with Crippen molar-refractivity contribution in [2.24, 2.45) is 5.92 Å². The van der Waals surface area contributed by atoms with Crippen molar-refractivity contribution in [3.05, 3.63) is 29.6 Å². The normalized spacial score (nSPS) is 16.7. The van der Waals surface area contributed by atoms with Crippen LogP contribution in [0.15, 0.2) is 18.2 Å². The summed E-state index contributed by atoms with van der Waals surface area (Å²) in [7, 11) is 4.19. The Morgan fingerprint density at radius 2 is 2.00 bits per heavy atom. The predicted octanol–water partition coefficient (Wildman–Crippen LogP) is 2.48. The van der Waals surface area contributed by atoms with Crippen molar-refractivity contribution in [3.63, 3.8) is 0 Å². The van der Waals surface area contributed by atoms with Crippen LogP contribution in [0.1, 0.15) is 18.4 Å². The molecule has 1 aromatic rings. The van der Waals surface area contributed by atoms with E-state index in [-0.39, 0.29) is 5.82 Å². The Morgan fingerprint density at radius 1 is 1.32 bits per heavy atom. The summed E-state index contributed by atoms with van der Waals surface area (Å²) in [6, 6.07) is 6.58. The third-order valence-electron chi connectivity index (χ3n) is 3.61. The summed E-state index contributed by atoms with van der Waals surface area (Å²) in [6.45, 7) is 2.99. The molecular formula is C15H20FN3. The number of hydrogen-bond donors (Lipinski definition) is 0. The molecule has 4 heteroatoms. The molecule has 102 valence electrons. The van der Waals surface area contributed by atoms with Gasteiger partial charge in [0, 0.05) is 25.3 Å². The Bertz CT molecular complexity index is 471. The molecule has 0 aromatic heterocycles. The summed E-state index contributed by atoms with van der Waals surface area (Å²) in [5.74, 6) is 0.389. The number of benzene rings is 1. The summed E-state index contributed by atoms with van der Waals surface area (Å²) >= 11 is 0. The van der Waals surface area contributed by atoms with Gasteiger partial charge >= 0.3 is 0 Å². The third kappa shape index (κ3) is 3.68. The molecule has 1 aliphatic heterocycles. The Kier molecular flexibility index (Phi) is 4.39. The van der Waals surface area contributed by atoms with Gasteiger partial charge in [0.1, 0.15) is 5.82 Å². The highest BCUT2D eigenvalue weighted by atomic mass is 19.1. The van der Waals surface area contributed by atoms with E-state index in [1.807, 2.05) is 6.07 Å². The molecule has 0 spiro atoms. The van der Waals surface area contributed by atoms with Gasteiger partial charge in [-0.25, -0.2) is 4.39 Å². The standard InChI is InChI=1S/C15H20FN3/c1-18(2)11-12-3-5-19(6-4-12)15-8-13(10-17)7-14(16)9-15/h7-9,12H,3-6,11H2,1-2H3. The molecule has 1 saturated heterocycles. The zero-order valence-corrected chi connectivity index (χ0v) is 11.6. The highest BCUT2D eigenvalue weighted by molar-refractivity contribution is 5.52. The van der Waals surface area contributed by atoms with E-state index >= 15 is 0 Å². The first kappa shape index (κ1) is 13.8. The van der Waals surface area contributed by atoms with Gasteiger partial charge in [-0.2, -0.15) is 5.26 Å². The van der Waals surface area contributed by atoms with Gasteiger partial charge in [-0.15, -0.1) is 0 Å². The van der Waals surface area contributed by atoms with Crippen LogP contribution >= 0.6 is 0 Å². The van der Waals surface area contributed by atoms with Crippen molar-refractivity contribution in [3.8, 4) is 6.07 Å². The van der Waals surface area contributed by atoms with Crippen LogP contribution in [-0.2, 0) is 0 Å². The lowest BCUT2D eigenvalue weighted by atomic mass is 9.96. The van der Waals surface area contributed by atoms with Crippen LogP contribution in [0, 0.1) is 23.1 Å². The summed E-state index contributed by atoms with van der Waals surface area (Å²) in [6.07, 6.45) is 2.24. The van der Waals surface area contributed by atoms with E-state index in [0.717, 1.165) is 44.1 Å². The lowest BCUT2D eigenvalue weighted by molar-refractivity contribution is 0.285. The second-order valence-corrected chi connectivity index (χ2v) is 5.50. The van der Waals surface area contributed by atoms with Crippen LogP contribution < -0.4 is 4.90 Å². The summed E-state index contributed by atoms with van der Waals surface area (Å²) < 4.78 is 13.4. The number of nitriles is 1. The molecule has 0 bridgehead atoms. The number of rotatable bonds is 3. The minimum Gasteiger partial charge on any atom is -0.371 e. The molecule has 1 aliphatic rings. The molecule has 0 unspecified atom stereocenters. The van der Waals surface area contributed by atoms with Gasteiger partial charge in [0.2, 0.25) is 0 Å². The second kappa shape index (κ2) is 6.03. The maximum Gasteiger partial charge on any atom is 0.126 e. The van der Waals surface area contributed by atoms with Gasteiger partial charge in [0.25, 0.3) is 0 Å². The lowest BCUT2D eigenvalue weighted by Crippen LogP contribution is -2.37. The van der Waals surface area contributed by atoms with Gasteiger partial charge in [-0.05, 0) is 51.1 Å². The SMILES string of the molecule is CN(C)CC1CCN(c2cc(F)cc(C#N)c2)CC1. The van der Waals surface area contributed by atoms with E-state index in [9.17, 15) is 4.39 Å². The molecule has 1 fully saturated rings. The first-order valence-corrected chi connectivity index (χ1v) is 6.69. The predicted molar refractivity (Wildman–Crippen MR) is 74.6 cm³/mol. The maximum absolute atomic E-state index is 13.4. The molecule has 19 heavy (non-hydrogen) atoms. The molecule has 0 saturated carbocycles. The van der Waals surface area contributed by atoms with Crippen molar-refractivity contribution < 1.29 is 4.39 Å². The van der Waals surface area contributed by atoms with Crippen molar-refractivity contribution in [2.45, 2.75) is 12.8 Å². The van der Waals surface area contributed by atoms with Crippen LogP contribution in [0.2, 0.25) is 0 Å². The third-order valence-corrected chi connectivity index (χ3v) is 3.61. The van der Waals surface area contributed by atoms with Gasteiger partial charge in [-0.3, -0.25) is 0 Å². The van der Waals surface area contributed by atoms with Gasteiger partial charge in [-0.1, -0.05) is 0 Å². The molecular weight excluding hydrogens is 241 g/mol. The van der Waals surface area contributed by atoms with Crippen molar-refractivity contribution in [1.29, 1.82) is 5.26 Å². The number of anilines is 1. The largest absolute Gasteiger partial charge is 0.371 e. The van der Waals surface area contributed by atoms with E-state index in [2.05, 4.69) is 23.9 Å². The van der Waals surface area contributed by atoms with Crippen LogP contribution in [0.3, 0.4) is 0 Å². The fraction of sp³-hybridized carbons (Fsp3) is 0.533. The van der Waals surface area contributed by atoms with Crippen molar-refractivity contribution >= 4 is 5.69 Å². The molecule has 0 aliphatic carbocycles. The maximum atomic E-state index is 13.4. The zero-order valence-electron chi connectivity index (χ0n) is 11.6. The molecule has 3 nitrogen and oxygen atoms in total. The van der Waals surface area contributed by atoms with Gasteiger partial charge in [0.15, 0.2) is 0 Å². The second-order valence-electron chi connectivity index (χ2n) is 5.50. The van der Waals surface area contributed by atoms with E-state index in [1.165, 1.54) is 12.1 Å². The van der Waals surface area contributed by atoms with Gasteiger partial charge in [0.05, 0.1) is 11.6 Å². The first-order chi connectivity index (χ1) is 9.08. The number of nitrogens with zero attached hydrogens (tertiary/aromatic N) is 3. The van der Waals surface area contributed by atoms with E-state index in [0.29, 0.717) is 5.56 Å². The summed E-state index contributed by atoms with van der Waals surface area (Å²) in [4.78, 5) is 4.40. The number of halogens is 1. The molecule has 0 amide bonds. The topological polar surface area (TPSA) is 30.3 Å². The van der Waals surface area contributed by atoms with E-state index < -0.39 is 0 Å². The minimum atomic E-state index is -0.329. The molecule has 0 N–H and O–H groups in total. The molecule has 0 atom stereocenters. The first-order valence-electron chi connectivity index (χ1n) is 6.69. The minimum absolute atomic E-state index is 0.329. The smallest absolute Gasteiger partial charge is 0.126 e. The Morgan fingerprint density at radius 3 is 2.58 bits per heavy atom. The van der Waals surface area contributed by atoms with Crippen LogP contribution in [0.5, 0.6) is 0 Å². The van der Waals surface area contributed by atoms with Gasteiger partial charge < -0.3 is 9.80 Å². The Hall–Kier alpha value is -1.60. The average molecular weight is 261 g/mol. The molecule has 1 aromatic carbocycles. The van der Waals surface area contributed by atoms with Crippen molar-refractivity contribution in [2.75, 3.05) is 38.6 Å². The Labute approximate surface area is 114 Å². The Balaban J connectivity index is 2.02. The number of hydrogen-bond acceptors (Lipinski definition) is 3. The summed E-state index contributed by atoms with van der Waals surface area (Å²) in [5.41, 5.74) is 1.23. The van der Waals surface area contributed by atoms with Crippen LogP contribution in [-0.4, -0.2) is 38.6 Å². The molecule has 1 heterocycles. The fourth-order valence-corrected chi connectivity index (χ4v) is 2.71. The summed E-state index contributed by atoms with van der Waals surface area (Å²) in [5, 5.41) is 8.89. The van der Waals surface area contributed by atoms with E-state index in [4.69, 9.17) is 5.26 Å². The van der Waals surface area contributed by atoms with Crippen LogP contribution in [0.4, 0.5) is 10.1 Å². The highest BCUT2D eigenvalue weighted by Gasteiger charge is 2.20. The monoisotopic (exact) mass is 261 g/mol. The lowest BCUT2D eigenvalue weighted by Gasteiger charge is -2.34. The molecule has 0 radical (unpaired) electrons. The van der Waals surface area contributed by atoms with E-state index in [1.54, 1.807) is 6.07 Å².